The van der Waals surface area contributed by atoms with Gasteiger partial charge in [0.05, 0.1) is 18.4 Å². The molecule has 4 rings (SSSR count). The van der Waals surface area contributed by atoms with Gasteiger partial charge < -0.3 is 10.1 Å². The van der Waals surface area contributed by atoms with Crippen LogP contribution in [0.15, 0.2) is 72.4 Å². The number of carbonyl (C=O) groups excluding carboxylic acids is 2. The third kappa shape index (κ3) is 3.90. The number of hydrogen-bond acceptors (Lipinski definition) is 4. The smallest absolute Gasteiger partial charge is 0.282 e. The van der Waals surface area contributed by atoms with Crippen LogP contribution in [0, 0.1) is 6.92 Å². The fraction of sp³-hybridized carbons (Fsp3) is 0.0833. The van der Waals surface area contributed by atoms with Gasteiger partial charge in [-0.2, -0.15) is 0 Å². The molecule has 5 nitrogen and oxygen atoms in total. The van der Waals surface area contributed by atoms with E-state index in [1.165, 1.54) is 0 Å². The molecule has 0 fully saturated rings. The third-order valence-electron chi connectivity index (χ3n) is 5.07. The van der Waals surface area contributed by atoms with Gasteiger partial charge in [0.2, 0.25) is 0 Å². The fourth-order valence-corrected chi connectivity index (χ4v) is 3.67. The van der Waals surface area contributed by atoms with Crippen molar-refractivity contribution in [1.29, 1.82) is 0 Å². The van der Waals surface area contributed by atoms with Gasteiger partial charge in [-0.3, -0.25) is 9.59 Å². The number of hydrogen-bond donors (Lipinski definition) is 1. The summed E-state index contributed by atoms with van der Waals surface area (Å²) in [6, 6.07) is 18.9. The number of nitrogens with one attached hydrogen (secondary N) is 1. The molecule has 1 aliphatic rings. The molecule has 3 aromatic carbocycles. The Morgan fingerprint density at radius 1 is 0.871 bits per heavy atom. The maximum Gasteiger partial charge on any atom is 0.282 e. The van der Waals surface area contributed by atoms with E-state index in [1.54, 1.807) is 67.8 Å². The van der Waals surface area contributed by atoms with Crippen LogP contribution < -0.4 is 15.0 Å². The van der Waals surface area contributed by atoms with E-state index in [9.17, 15) is 9.59 Å². The summed E-state index contributed by atoms with van der Waals surface area (Å²) in [5.74, 6) is -0.243. The van der Waals surface area contributed by atoms with Crippen molar-refractivity contribution >= 4 is 52.0 Å². The van der Waals surface area contributed by atoms with Crippen LogP contribution >= 0.6 is 23.2 Å². The van der Waals surface area contributed by atoms with Gasteiger partial charge >= 0.3 is 0 Å². The minimum Gasteiger partial charge on any atom is -0.497 e. The SMILES string of the molecule is COc1ccc(C2=C(Nc3cccc(Cl)c3C)C(=O)N(c3ccc(Cl)cc3)C2=O)cc1. The highest BCUT2D eigenvalue weighted by Crippen LogP contribution is 2.35. The number of methoxy groups -OCH3 is 1. The second-order valence-electron chi connectivity index (χ2n) is 6.94. The monoisotopic (exact) mass is 452 g/mol. The van der Waals surface area contributed by atoms with Crippen LogP contribution in [0.25, 0.3) is 5.57 Å². The zero-order valence-corrected chi connectivity index (χ0v) is 18.3. The number of imide groups is 1. The van der Waals surface area contributed by atoms with E-state index in [-0.39, 0.29) is 11.3 Å². The Kier molecular flexibility index (Phi) is 5.72. The third-order valence-corrected chi connectivity index (χ3v) is 5.74. The predicted molar refractivity (Wildman–Crippen MR) is 124 cm³/mol. The van der Waals surface area contributed by atoms with Gasteiger partial charge in [0, 0.05) is 15.7 Å². The highest BCUT2D eigenvalue weighted by atomic mass is 35.5. The lowest BCUT2D eigenvalue weighted by Crippen LogP contribution is -2.32. The molecule has 0 aromatic heterocycles. The van der Waals surface area contributed by atoms with Crippen molar-refractivity contribution in [3.05, 3.63) is 93.6 Å². The van der Waals surface area contributed by atoms with E-state index in [0.717, 1.165) is 10.5 Å². The number of nitrogens with zero attached hydrogens (tertiary/aromatic N) is 1. The van der Waals surface area contributed by atoms with Crippen molar-refractivity contribution in [2.24, 2.45) is 0 Å². The maximum absolute atomic E-state index is 13.4. The average Bonchev–Trinajstić information content (AvgIpc) is 3.01. The van der Waals surface area contributed by atoms with Crippen LogP contribution in [0.1, 0.15) is 11.1 Å². The lowest BCUT2D eigenvalue weighted by molar-refractivity contribution is -0.120. The van der Waals surface area contributed by atoms with Crippen LogP contribution in [0.5, 0.6) is 5.75 Å². The molecular formula is C24H18Cl2N2O3. The van der Waals surface area contributed by atoms with Gasteiger partial charge in [-0.15, -0.1) is 0 Å². The Bertz CT molecular complexity index is 1200. The normalized spacial score (nSPS) is 13.7. The molecule has 1 aliphatic heterocycles. The van der Waals surface area contributed by atoms with Gasteiger partial charge in [0.15, 0.2) is 0 Å². The van der Waals surface area contributed by atoms with Crippen LogP contribution in [0.3, 0.4) is 0 Å². The van der Waals surface area contributed by atoms with Gasteiger partial charge in [0.1, 0.15) is 11.4 Å². The number of amides is 2. The fourth-order valence-electron chi connectivity index (χ4n) is 3.37. The minimum atomic E-state index is -0.461. The summed E-state index contributed by atoms with van der Waals surface area (Å²) in [6.45, 7) is 1.84. The van der Waals surface area contributed by atoms with Crippen molar-refractivity contribution in [2.45, 2.75) is 6.92 Å². The number of rotatable bonds is 5. The van der Waals surface area contributed by atoms with Gasteiger partial charge in [-0.1, -0.05) is 41.4 Å². The summed E-state index contributed by atoms with van der Waals surface area (Å²) < 4.78 is 5.21. The van der Waals surface area contributed by atoms with Gasteiger partial charge in [0.25, 0.3) is 11.8 Å². The molecule has 0 atom stereocenters. The zero-order chi connectivity index (χ0) is 22.1. The number of halogens is 2. The Labute approximate surface area is 189 Å². The van der Waals surface area contributed by atoms with Gasteiger partial charge in [-0.05, 0) is 66.6 Å². The van der Waals surface area contributed by atoms with Crippen molar-refractivity contribution in [1.82, 2.24) is 0 Å². The quantitative estimate of drug-likeness (QED) is 0.503. The maximum atomic E-state index is 13.4. The zero-order valence-electron chi connectivity index (χ0n) is 16.8. The summed E-state index contributed by atoms with van der Waals surface area (Å²) in [7, 11) is 1.57. The number of anilines is 2. The first-order chi connectivity index (χ1) is 14.9. The summed E-state index contributed by atoms with van der Waals surface area (Å²) in [5, 5.41) is 4.22. The van der Waals surface area contributed by atoms with E-state index >= 15 is 0 Å². The van der Waals surface area contributed by atoms with Crippen molar-refractivity contribution in [3.63, 3.8) is 0 Å². The first-order valence-corrected chi connectivity index (χ1v) is 10.2. The first-order valence-electron chi connectivity index (χ1n) is 9.46. The second kappa shape index (κ2) is 8.46. The van der Waals surface area contributed by atoms with E-state index in [4.69, 9.17) is 27.9 Å². The van der Waals surface area contributed by atoms with E-state index in [0.29, 0.717) is 32.7 Å². The van der Waals surface area contributed by atoms with E-state index in [1.807, 2.05) is 13.0 Å². The molecule has 0 radical (unpaired) electrons. The lowest BCUT2D eigenvalue weighted by Gasteiger charge is -2.16. The molecule has 1 heterocycles. The largest absolute Gasteiger partial charge is 0.497 e. The average molecular weight is 453 g/mol. The van der Waals surface area contributed by atoms with Crippen LogP contribution in [-0.4, -0.2) is 18.9 Å². The summed E-state index contributed by atoms with van der Waals surface area (Å²) >= 11 is 12.2. The number of benzene rings is 3. The Morgan fingerprint density at radius 2 is 1.55 bits per heavy atom. The molecule has 0 unspecified atom stereocenters. The van der Waals surface area contributed by atoms with E-state index < -0.39 is 11.8 Å². The molecular weight excluding hydrogens is 435 g/mol. The molecule has 0 bridgehead atoms. The van der Waals surface area contributed by atoms with Crippen molar-refractivity contribution in [2.75, 3.05) is 17.3 Å². The Hall–Kier alpha value is -3.28. The summed E-state index contributed by atoms with van der Waals surface area (Å²) in [5.41, 5.74) is 2.89. The van der Waals surface area contributed by atoms with Crippen LogP contribution in [0.2, 0.25) is 10.0 Å². The number of carbonyl (C=O) groups is 2. The standard InChI is InChI=1S/C24H18Cl2N2O3/c1-14-19(26)4-3-5-20(14)27-22-21(15-6-12-18(31-2)13-7-15)23(29)28(24(22)30)17-10-8-16(25)9-11-17/h3-13,27H,1-2H3. The Morgan fingerprint density at radius 3 is 2.19 bits per heavy atom. The number of ether oxygens (including phenoxy) is 1. The summed E-state index contributed by atoms with van der Waals surface area (Å²) in [6.07, 6.45) is 0. The summed E-state index contributed by atoms with van der Waals surface area (Å²) in [4.78, 5) is 28.0. The molecule has 3 aromatic rings. The van der Waals surface area contributed by atoms with Crippen molar-refractivity contribution < 1.29 is 14.3 Å². The highest BCUT2D eigenvalue weighted by Gasteiger charge is 2.40. The van der Waals surface area contributed by atoms with Crippen LogP contribution in [-0.2, 0) is 9.59 Å². The molecule has 156 valence electrons. The highest BCUT2D eigenvalue weighted by molar-refractivity contribution is 6.46. The molecule has 7 heteroatoms. The molecule has 0 spiro atoms. The van der Waals surface area contributed by atoms with Gasteiger partial charge in [-0.25, -0.2) is 4.90 Å². The molecule has 0 saturated heterocycles. The van der Waals surface area contributed by atoms with E-state index in [2.05, 4.69) is 5.32 Å². The molecule has 31 heavy (non-hydrogen) atoms. The molecule has 2 amide bonds. The minimum absolute atomic E-state index is 0.176. The molecule has 0 aliphatic carbocycles. The lowest BCUT2D eigenvalue weighted by atomic mass is 10.0. The topological polar surface area (TPSA) is 58.6 Å². The second-order valence-corrected chi connectivity index (χ2v) is 7.78. The van der Waals surface area contributed by atoms with Crippen LogP contribution in [0.4, 0.5) is 11.4 Å². The van der Waals surface area contributed by atoms with Crippen molar-refractivity contribution in [3.8, 4) is 5.75 Å². The Balaban J connectivity index is 1.83. The predicted octanol–water partition coefficient (Wildman–Crippen LogP) is 5.71. The first kappa shape index (κ1) is 21.0. The molecule has 1 N–H and O–H groups in total. The molecule has 0 saturated carbocycles.